The van der Waals surface area contributed by atoms with Crippen LogP contribution in [0.1, 0.15) is 0 Å². The Balaban J connectivity index is 1.44. The lowest BCUT2D eigenvalue weighted by Crippen LogP contribution is -1.93. The molecule has 0 bridgehead atoms. The number of hydrogen-bond donors (Lipinski definition) is 0. The van der Waals surface area contributed by atoms with Crippen LogP contribution in [0.3, 0.4) is 0 Å². The SMILES string of the molecule is Clc1nc(Cl)nc(-c2ccc3oc4c(-c5ccc6oc7ccccc7c6c5)cccc4c3c2)n1. The summed E-state index contributed by atoms with van der Waals surface area (Å²) < 4.78 is 12.3. The average molecular weight is 482 g/mol. The fourth-order valence-corrected chi connectivity index (χ4v) is 4.88. The van der Waals surface area contributed by atoms with Crippen LogP contribution in [0.4, 0.5) is 0 Å². The molecule has 0 unspecified atom stereocenters. The molecule has 0 saturated carbocycles. The first-order valence-electron chi connectivity index (χ1n) is 10.6. The zero-order valence-electron chi connectivity index (χ0n) is 17.4. The van der Waals surface area contributed by atoms with E-state index in [1.807, 2.05) is 54.6 Å². The van der Waals surface area contributed by atoms with Crippen molar-refractivity contribution < 1.29 is 8.83 Å². The molecule has 4 aromatic carbocycles. The number of halogens is 2. The average Bonchev–Trinajstić information content (AvgIpc) is 3.40. The normalized spacial score (nSPS) is 11.8. The van der Waals surface area contributed by atoms with Crippen LogP contribution in [-0.2, 0) is 0 Å². The summed E-state index contributed by atoms with van der Waals surface area (Å²) in [5.41, 5.74) is 6.16. The van der Waals surface area contributed by atoms with Gasteiger partial charge < -0.3 is 8.83 Å². The van der Waals surface area contributed by atoms with Crippen LogP contribution in [-0.4, -0.2) is 15.0 Å². The molecule has 162 valence electrons. The summed E-state index contributed by atoms with van der Waals surface area (Å²) in [6.07, 6.45) is 0. The van der Waals surface area contributed by atoms with Gasteiger partial charge in [-0.3, -0.25) is 0 Å². The Bertz CT molecular complexity index is 1890. The second-order valence-corrected chi connectivity index (χ2v) is 8.68. The molecule has 0 atom stereocenters. The summed E-state index contributed by atoms with van der Waals surface area (Å²) in [6.45, 7) is 0. The molecule has 0 amide bonds. The number of fused-ring (bicyclic) bond motifs is 6. The maximum absolute atomic E-state index is 6.33. The Hall–Kier alpha value is -3.93. The van der Waals surface area contributed by atoms with Crippen molar-refractivity contribution in [3.8, 4) is 22.5 Å². The fraction of sp³-hybridized carbons (Fsp3) is 0. The van der Waals surface area contributed by atoms with E-state index in [0.717, 1.165) is 60.6 Å². The highest BCUT2D eigenvalue weighted by molar-refractivity contribution is 6.31. The molecular formula is C27H13Cl2N3O2. The molecule has 34 heavy (non-hydrogen) atoms. The van der Waals surface area contributed by atoms with E-state index in [9.17, 15) is 0 Å². The fourth-order valence-electron chi connectivity index (χ4n) is 4.51. The quantitative estimate of drug-likeness (QED) is 0.248. The number of aromatic nitrogens is 3. The van der Waals surface area contributed by atoms with Crippen LogP contribution in [0.5, 0.6) is 0 Å². The van der Waals surface area contributed by atoms with E-state index < -0.39 is 0 Å². The maximum atomic E-state index is 6.33. The van der Waals surface area contributed by atoms with Crippen LogP contribution in [0, 0.1) is 0 Å². The lowest BCUT2D eigenvalue weighted by molar-refractivity contribution is 0.668. The maximum Gasteiger partial charge on any atom is 0.227 e. The minimum absolute atomic E-state index is 0.0524. The minimum Gasteiger partial charge on any atom is -0.456 e. The van der Waals surface area contributed by atoms with Gasteiger partial charge in [-0.2, -0.15) is 15.0 Å². The monoisotopic (exact) mass is 481 g/mol. The lowest BCUT2D eigenvalue weighted by atomic mass is 10.00. The highest BCUT2D eigenvalue weighted by atomic mass is 35.5. The van der Waals surface area contributed by atoms with E-state index >= 15 is 0 Å². The van der Waals surface area contributed by atoms with Crippen LogP contribution < -0.4 is 0 Å². The van der Waals surface area contributed by atoms with Crippen LogP contribution in [0.15, 0.2) is 87.7 Å². The van der Waals surface area contributed by atoms with Gasteiger partial charge in [0, 0.05) is 32.7 Å². The molecule has 7 heteroatoms. The van der Waals surface area contributed by atoms with Crippen molar-refractivity contribution in [2.45, 2.75) is 0 Å². The zero-order chi connectivity index (χ0) is 22.8. The number of hydrogen-bond acceptors (Lipinski definition) is 5. The molecule has 0 N–H and O–H groups in total. The number of rotatable bonds is 2. The zero-order valence-corrected chi connectivity index (χ0v) is 18.9. The van der Waals surface area contributed by atoms with Gasteiger partial charge in [-0.25, -0.2) is 0 Å². The first-order valence-corrected chi connectivity index (χ1v) is 11.3. The topological polar surface area (TPSA) is 65.0 Å². The molecule has 7 rings (SSSR count). The number of furan rings is 2. The van der Waals surface area contributed by atoms with Gasteiger partial charge in [-0.05, 0) is 65.2 Å². The van der Waals surface area contributed by atoms with E-state index in [1.165, 1.54) is 0 Å². The summed E-state index contributed by atoms with van der Waals surface area (Å²) in [5, 5.41) is 4.23. The summed E-state index contributed by atoms with van der Waals surface area (Å²) in [6, 6.07) is 26.2. The van der Waals surface area contributed by atoms with Crippen molar-refractivity contribution >= 4 is 67.1 Å². The Morgan fingerprint density at radius 1 is 0.529 bits per heavy atom. The van der Waals surface area contributed by atoms with Gasteiger partial charge in [0.25, 0.3) is 0 Å². The third kappa shape index (κ3) is 2.98. The molecule has 0 spiro atoms. The molecule has 7 aromatic rings. The smallest absolute Gasteiger partial charge is 0.227 e. The predicted molar refractivity (Wildman–Crippen MR) is 135 cm³/mol. The molecule has 0 fully saturated rings. The predicted octanol–water partition coefficient (Wildman–Crippen LogP) is 8.31. The molecule has 0 aliphatic carbocycles. The summed E-state index contributed by atoms with van der Waals surface area (Å²) in [7, 11) is 0. The van der Waals surface area contributed by atoms with Gasteiger partial charge in [-0.1, -0.05) is 42.5 Å². The Labute approximate surface area is 202 Å². The van der Waals surface area contributed by atoms with Crippen molar-refractivity contribution in [2.75, 3.05) is 0 Å². The number of nitrogens with zero attached hydrogens (tertiary/aromatic N) is 3. The number of benzene rings is 4. The standard InChI is InChI=1S/C27H13Cl2N3O2/c28-26-30-25(31-27(29)32-26)15-9-11-23-20(13-15)18-6-3-5-16(24(18)34-23)14-8-10-22-19(12-14)17-4-1-2-7-21(17)33-22/h1-13H. The van der Waals surface area contributed by atoms with Gasteiger partial charge in [-0.15, -0.1) is 0 Å². The van der Waals surface area contributed by atoms with E-state index in [-0.39, 0.29) is 10.6 Å². The molecule has 0 saturated heterocycles. The van der Waals surface area contributed by atoms with Gasteiger partial charge in [0.05, 0.1) is 0 Å². The van der Waals surface area contributed by atoms with Crippen molar-refractivity contribution in [3.05, 3.63) is 89.4 Å². The molecule has 0 radical (unpaired) electrons. The van der Waals surface area contributed by atoms with Gasteiger partial charge in [0.15, 0.2) is 5.82 Å². The highest BCUT2D eigenvalue weighted by Crippen LogP contribution is 2.39. The summed E-state index contributed by atoms with van der Waals surface area (Å²) >= 11 is 12.0. The van der Waals surface area contributed by atoms with E-state index in [1.54, 1.807) is 0 Å². The van der Waals surface area contributed by atoms with Gasteiger partial charge in [0.1, 0.15) is 22.3 Å². The molecule has 3 heterocycles. The molecule has 3 aromatic heterocycles. The third-order valence-corrected chi connectivity index (χ3v) is 6.36. The van der Waals surface area contributed by atoms with Crippen LogP contribution in [0.2, 0.25) is 10.6 Å². The minimum atomic E-state index is 0.0524. The Kier molecular flexibility index (Phi) is 4.19. The highest BCUT2D eigenvalue weighted by Gasteiger charge is 2.16. The second kappa shape index (κ2) is 7.29. The second-order valence-electron chi connectivity index (χ2n) is 8.00. The first kappa shape index (κ1) is 19.5. The van der Waals surface area contributed by atoms with Crippen LogP contribution in [0.25, 0.3) is 66.4 Å². The third-order valence-electron chi connectivity index (χ3n) is 6.02. The largest absolute Gasteiger partial charge is 0.456 e. The number of para-hydroxylation sites is 2. The van der Waals surface area contributed by atoms with Crippen molar-refractivity contribution in [1.82, 2.24) is 15.0 Å². The lowest BCUT2D eigenvalue weighted by Gasteiger charge is -2.03. The molecule has 0 aliphatic heterocycles. The molecule has 0 aliphatic rings. The van der Waals surface area contributed by atoms with Crippen molar-refractivity contribution in [1.29, 1.82) is 0 Å². The van der Waals surface area contributed by atoms with E-state index in [4.69, 9.17) is 32.0 Å². The van der Waals surface area contributed by atoms with Crippen molar-refractivity contribution in [2.24, 2.45) is 0 Å². The molecule has 5 nitrogen and oxygen atoms in total. The van der Waals surface area contributed by atoms with Gasteiger partial charge >= 0.3 is 0 Å². The summed E-state index contributed by atoms with van der Waals surface area (Å²) in [4.78, 5) is 12.2. The Morgan fingerprint density at radius 3 is 2.03 bits per heavy atom. The first-order chi connectivity index (χ1) is 16.6. The van der Waals surface area contributed by atoms with Gasteiger partial charge in [0.2, 0.25) is 10.6 Å². The Morgan fingerprint density at radius 2 is 1.18 bits per heavy atom. The van der Waals surface area contributed by atoms with Crippen LogP contribution >= 0.6 is 23.2 Å². The summed E-state index contributed by atoms with van der Waals surface area (Å²) in [5.74, 6) is 0.412. The molecular weight excluding hydrogens is 469 g/mol. The van der Waals surface area contributed by atoms with E-state index in [0.29, 0.717) is 5.82 Å². The van der Waals surface area contributed by atoms with Crippen molar-refractivity contribution in [3.63, 3.8) is 0 Å². The van der Waals surface area contributed by atoms with E-state index in [2.05, 4.69) is 39.2 Å².